The molecule has 3 aromatic carbocycles. The van der Waals surface area contributed by atoms with Crippen LogP contribution in [0, 0.1) is 23.3 Å². The summed E-state index contributed by atoms with van der Waals surface area (Å²) in [6.07, 6.45) is 0.184. The van der Waals surface area contributed by atoms with Crippen LogP contribution in [0.1, 0.15) is 47.2 Å². The van der Waals surface area contributed by atoms with Gasteiger partial charge in [0.05, 0.1) is 58.2 Å². The van der Waals surface area contributed by atoms with Crippen LogP contribution < -0.4 is 33.6 Å². The third-order valence-corrected chi connectivity index (χ3v) is 10.9. The van der Waals surface area contributed by atoms with Gasteiger partial charge < -0.3 is 23.8 Å². The van der Waals surface area contributed by atoms with Gasteiger partial charge in [0, 0.05) is 42.5 Å². The van der Waals surface area contributed by atoms with E-state index in [1.54, 1.807) is 12.1 Å². The van der Waals surface area contributed by atoms with E-state index in [0.29, 0.717) is 18.1 Å². The first-order valence-corrected chi connectivity index (χ1v) is 20.1. The molecule has 2 aromatic heterocycles. The van der Waals surface area contributed by atoms with Gasteiger partial charge in [0.15, 0.2) is 0 Å². The van der Waals surface area contributed by atoms with Crippen molar-refractivity contribution < 1.29 is 63.7 Å². The van der Waals surface area contributed by atoms with Crippen LogP contribution in [0.4, 0.5) is 57.0 Å². The van der Waals surface area contributed by atoms with E-state index >= 15 is 0 Å². The number of urea groups is 1. The molecule has 2 aliphatic rings. The molecule has 0 unspecified atom stereocenters. The fraction of sp³-hybridized carbons (Fsp3) is 0.318. The van der Waals surface area contributed by atoms with Crippen molar-refractivity contribution in [2.75, 3.05) is 56.2 Å². The van der Waals surface area contributed by atoms with Crippen LogP contribution in [0.5, 0.6) is 23.5 Å². The van der Waals surface area contributed by atoms with E-state index in [1.807, 2.05) is 0 Å². The Hall–Kier alpha value is -6.18. The van der Waals surface area contributed by atoms with Crippen LogP contribution in [-0.2, 0) is 42.4 Å². The Morgan fingerprint density at radius 3 is 1.61 bits per heavy atom. The Morgan fingerprint density at radius 1 is 0.625 bits per heavy atom. The number of hydrogen-bond donors (Lipinski definition) is 0. The molecular weight excluding hydrogens is 926 g/mol. The first-order valence-electron chi connectivity index (χ1n) is 19.3. The number of alkyl halides is 4. The maximum atomic E-state index is 14.8. The van der Waals surface area contributed by atoms with E-state index in [0.717, 1.165) is 48.1 Å². The molecule has 0 saturated heterocycles. The van der Waals surface area contributed by atoms with E-state index in [4.69, 9.17) is 18.9 Å². The van der Waals surface area contributed by atoms with Gasteiger partial charge in [0.25, 0.3) is 11.8 Å². The summed E-state index contributed by atoms with van der Waals surface area (Å²) in [6.45, 7) is 0.723. The fourth-order valence-corrected chi connectivity index (χ4v) is 7.75. The zero-order valence-corrected chi connectivity index (χ0v) is 36.7. The molecule has 0 fully saturated rings. The van der Waals surface area contributed by atoms with E-state index in [2.05, 4.69) is 25.9 Å². The molecule has 3 amide bonds. The normalized spacial score (nSPS) is 14.2. The van der Waals surface area contributed by atoms with Crippen LogP contribution in [0.15, 0.2) is 65.1 Å². The molecular formula is C44H40BrF8N5O6. The number of nitrogens with zero attached hydrogens (tertiary/aromatic N) is 5. The Bertz CT molecular complexity index is 2570. The van der Waals surface area contributed by atoms with Gasteiger partial charge in [-0.2, -0.15) is 9.97 Å². The van der Waals surface area contributed by atoms with Gasteiger partial charge in [-0.15, -0.1) is 0 Å². The van der Waals surface area contributed by atoms with Crippen LogP contribution in [-0.4, -0.2) is 63.4 Å². The minimum Gasteiger partial charge on any atom is -0.481 e. The highest BCUT2D eigenvalue weighted by atomic mass is 79.9. The largest absolute Gasteiger partial charge is 0.481 e. The molecule has 0 bridgehead atoms. The second kappa shape index (κ2) is 18.9. The highest BCUT2D eigenvalue weighted by molar-refractivity contribution is 9.10. The fourth-order valence-electron chi connectivity index (χ4n) is 7.35. The average Bonchev–Trinajstić information content (AvgIpc) is 3.49. The number of rotatable bonds is 10. The summed E-state index contributed by atoms with van der Waals surface area (Å²) < 4.78 is 136. The molecule has 11 nitrogen and oxygen atoms in total. The minimum atomic E-state index is -3.40. The monoisotopic (exact) mass is 965 g/mol. The molecule has 4 heterocycles. The third-order valence-electron chi connectivity index (χ3n) is 10.5. The highest BCUT2D eigenvalue weighted by Crippen LogP contribution is 2.43. The van der Waals surface area contributed by atoms with Crippen molar-refractivity contribution in [1.29, 1.82) is 0 Å². The van der Waals surface area contributed by atoms with Gasteiger partial charge in [-0.1, -0.05) is 34.1 Å². The minimum absolute atomic E-state index is 0.0142. The van der Waals surface area contributed by atoms with Crippen LogP contribution in [0.25, 0.3) is 0 Å². The highest BCUT2D eigenvalue weighted by Gasteiger charge is 2.38. The maximum Gasteiger partial charge on any atom is 0.329 e. The number of anilines is 3. The van der Waals surface area contributed by atoms with Crippen molar-refractivity contribution in [2.24, 2.45) is 0 Å². The molecule has 64 heavy (non-hydrogen) atoms. The molecule has 2 aliphatic heterocycles. The number of halogens is 9. The van der Waals surface area contributed by atoms with Crippen molar-refractivity contribution in [2.45, 2.75) is 51.5 Å². The third kappa shape index (κ3) is 9.65. The van der Waals surface area contributed by atoms with Gasteiger partial charge in [-0.25, -0.2) is 39.9 Å². The lowest BCUT2D eigenvalue weighted by Crippen LogP contribution is -2.43. The number of fused-ring (bicyclic) bond motifs is 2. The van der Waals surface area contributed by atoms with Gasteiger partial charge in [0.1, 0.15) is 34.6 Å². The van der Waals surface area contributed by atoms with Crippen LogP contribution >= 0.6 is 15.9 Å². The molecule has 0 N–H and O–H groups in total. The number of methoxy groups -OCH3 is 4. The first kappa shape index (κ1) is 47.3. The zero-order valence-electron chi connectivity index (χ0n) is 35.1. The van der Waals surface area contributed by atoms with Gasteiger partial charge in [-0.3, -0.25) is 14.6 Å². The van der Waals surface area contributed by atoms with Gasteiger partial charge in [-0.05, 0) is 66.4 Å². The molecule has 0 atom stereocenters. The smallest absolute Gasteiger partial charge is 0.329 e. The Labute approximate surface area is 370 Å². The quantitative estimate of drug-likeness (QED) is 0.128. The topological polar surface area (TPSA) is 107 Å². The zero-order chi connectivity index (χ0) is 46.8. The molecule has 0 saturated carbocycles. The lowest BCUT2D eigenvalue weighted by atomic mass is 10.0. The van der Waals surface area contributed by atoms with E-state index < -0.39 is 64.4 Å². The number of carbonyl (C=O) groups excluding carboxylic acids is 2. The first-order chi connectivity index (χ1) is 30.2. The summed E-state index contributed by atoms with van der Waals surface area (Å²) >= 11 is 3.01. The van der Waals surface area contributed by atoms with Gasteiger partial charge >= 0.3 is 6.03 Å². The van der Waals surface area contributed by atoms with Crippen molar-refractivity contribution >= 4 is 44.9 Å². The number of amides is 3. The molecule has 7 rings (SSSR count). The summed E-state index contributed by atoms with van der Waals surface area (Å²) in [4.78, 5) is 38.0. The van der Waals surface area contributed by atoms with Crippen molar-refractivity contribution in [3.05, 3.63) is 122 Å². The Balaban J connectivity index is 0.000000223. The summed E-state index contributed by atoms with van der Waals surface area (Å²) in [7, 11) is 4.95. The summed E-state index contributed by atoms with van der Waals surface area (Å²) in [5, 5.41) is 0. The molecule has 0 aliphatic carbocycles. The van der Waals surface area contributed by atoms with E-state index in [1.165, 1.54) is 50.5 Å². The predicted octanol–water partition coefficient (Wildman–Crippen LogP) is 10.1. The maximum absolute atomic E-state index is 14.8. The van der Waals surface area contributed by atoms with Crippen molar-refractivity contribution in [1.82, 2.24) is 9.97 Å². The Morgan fingerprint density at radius 2 is 1.09 bits per heavy atom. The van der Waals surface area contributed by atoms with Crippen molar-refractivity contribution in [3.63, 3.8) is 0 Å². The lowest BCUT2D eigenvalue weighted by Gasteiger charge is -2.30. The van der Waals surface area contributed by atoms with Crippen molar-refractivity contribution in [3.8, 4) is 23.5 Å². The number of aromatic nitrogens is 2. The molecule has 5 aromatic rings. The summed E-state index contributed by atoms with van der Waals surface area (Å²) in [5.74, 6) is -10.7. The molecule has 0 spiro atoms. The summed E-state index contributed by atoms with van der Waals surface area (Å²) in [5.41, 5.74) is -0.279. The van der Waals surface area contributed by atoms with Gasteiger partial charge in [0.2, 0.25) is 29.4 Å². The second-order valence-electron chi connectivity index (χ2n) is 14.6. The standard InChI is InChI=1S/C25H21BrF5N3O3.C19H19F3N2O3/c1-25(30,31)16-11-21(23(37-3)32-22(16)36-2)33-8-7-14-17(27)5-4-6-20(14)34(24(33)35)12-15-18(28)9-13(26)10-19(15)29;1-19(21,22)13-10-15(18(27-3)23-17(13)26-2)24-8-7-12-11(9-16(24)25)5-4-6-14(12)20/h4-6,9-11H,7-8,12H2,1-3H3;4-6,10H,7-9H2,1-3H3. The van der Waals surface area contributed by atoms with E-state index in [9.17, 15) is 44.7 Å². The number of pyridine rings is 2. The number of hydrogen-bond acceptors (Lipinski definition) is 8. The molecule has 340 valence electrons. The number of carbonyl (C=O) groups is 2. The number of benzene rings is 3. The molecule has 0 radical (unpaired) electrons. The lowest BCUT2D eigenvalue weighted by molar-refractivity contribution is -0.117. The average molecular weight is 967 g/mol. The Kier molecular flexibility index (Phi) is 14.0. The second-order valence-corrected chi connectivity index (χ2v) is 15.5. The summed E-state index contributed by atoms with van der Waals surface area (Å²) in [6, 6.07) is 12.0. The van der Waals surface area contributed by atoms with Crippen LogP contribution in [0.3, 0.4) is 0 Å². The van der Waals surface area contributed by atoms with E-state index in [-0.39, 0.29) is 88.8 Å². The molecule has 20 heteroatoms. The van der Waals surface area contributed by atoms with Crippen LogP contribution in [0.2, 0.25) is 0 Å². The number of ether oxygens (including phenoxy) is 4. The predicted molar refractivity (Wildman–Crippen MR) is 223 cm³/mol. The SMILES string of the molecule is COc1nc(OC)c(C(C)(F)F)cc1N1CCc2c(F)cccc2CC1=O.COc1nc(OC)c(C(C)(F)F)cc1N1CCc2c(F)cccc2N(Cc2c(F)cc(Br)cc2F)C1=O.